The Morgan fingerprint density at radius 2 is 1.71 bits per heavy atom. The van der Waals surface area contributed by atoms with E-state index in [4.69, 9.17) is 4.52 Å². The van der Waals surface area contributed by atoms with E-state index in [0.717, 1.165) is 11.3 Å². The first-order chi connectivity index (χ1) is 13.6. The molecule has 1 aromatic heterocycles. The molecule has 0 aliphatic heterocycles. The van der Waals surface area contributed by atoms with Gasteiger partial charge in [0, 0.05) is 25.2 Å². The number of hydrogen-bond donors (Lipinski definition) is 1. The second-order valence-electron chi connectivity index (χ2n) is 6.93. The molecule has 0 saturated heterocycles. The predicted octanol–water partition coefficient (Wildman–Crippen LogP) is 4.99. The maximum Gasteiger partial charge on any atom is 0.196 e. The van der Waals surface area contributed by atoms with Gasteiger partial charge in [0.05, 0.1) is 28.0 Å². The van der Waals surface area contributed by atoms with Gasteiger partial charge in [-0.3, -0.25) is 4.79 Å². The Balaban J connectivity index is 1.84. The molecule has 0 atom stereocenters. The zero-order valence-corrected chi connectivity index (χ0v) is 15.3. The van der Waals surface area contributed by atoms with Crippen LogP contribution in [-0.2, 0) is 0 Å². The van der Waals surface area contributed by atoms with Crippen LogP contribution in [0.1, 0.15) is 15.9 Å². The summed E-state index contributed by atoms with van der Waals surface area (Å²) in [6.45, 7) is 0. The van der Waals surface area contributed by atoms with E-state index in [1.165, 1.54) is 6.07 Å². The average molecular weight is 373 g/mol. The van der Waals surface area contributed by atoms with Gasteiger partial charge in [-0.25, -0.2) is 4.39 Å². The van der Waals surface area contributed by atoms with Crippen molar-refractivity contribution in [2.45, 2.75) is 0 Å². The molecule has 138 valence electrons. The smallest absolute Gasteiger partial charge is 0.196 e. The van der Waals surface area contributed by atoms with Crippen molar-refractivity contribution in [1.82, 2.24) is 5.16 Å². The van der Waals surface area contributed by atoms with Crippen LogP contribution in [0, 0.1) is 5.82 Å². The quantitative estimate of drug-likeness (QED) is 0.483. The molecule has 1 N–H and O–H groups in total. The topological polar surface area (TPSA) is 58.4 Å². The van der Waals surface area contributed by atoms with Crippen molar-refractivity contribution in [3.8, 4) is 11.3 Å². The molecule has 3 aromatic carbocycles. The van der Waals surface area contributed by atoms with E-state index in [2.05, 4.69) is 10.5 Å². The summed E-state index contributed by atoms with van der Waals surface area (Å²) in [5.41, 5.74) is 3.91. The van der Waals surface area contributed by atoms with E-state index in [-0.39, 0.29) is 5.78 Å². The first-order valence-electron chi connectivity index (χ1n) is 8.85. The summed E-state index contributed by atoms with van der Waals surface area (Å²) in [5.74, 6) is 0.0244. The zero-order chi connectivity index (χ0) is 19.4. The normalized spacial score (nSPS) is 12.2. The summed E-state index contributed by atoms with van der Waals surface area (Å²) in [6.07, 6.45) is 0. The molecule has 0 spiro atoms. The minimum Gasteiger partial charge on any atom is -0.376 e. The lowest BCUT2D eigenvalue weighted by Gasteiger charge is -2.21. The van der Waals surface area contributed by atoms with E-state index in [0.29, 0.717) is 39.2 Å². The van der Waals surface area contributed by atoms with Crippen molar-refractivity contribution in [3.05, 3.63) is 71.5 Å². The molecular formula is C22H16FN3O2. The lowest BCUT2D eigenvalue weighted by atomic mass is 9.86. The van der Waals surface area contributed by atoms with Gasteiger partial charge in [-0.15, -0.1) is 0 Å². The Hall–Kier alpha value is -3.67. The minimum absolute atomic E-state index is 0.138. The van der Waals surface area contributed by atoms with Crippen molar-refractivity contribution < 1.29 is 13.7 Å². The summed E-state index contributed by atoms with van der Waals surface area (Å²) in [5, 5.41) is 7.99. The van der Waals surface area contributed by atoms with Crippen LogP contribution in [0.5, 0.6) is 0 Å². The van der Waals surface area contributed by atoms with Gasteiger partial charge in [-0.1, -0.05) is 41.6 Å². The number of halogens is 1. The molecule has 5 nitrogen and oxygen atoms in total. The first kappa shape index (κ1) is 16.5. The fraction of sp³-hybridized carbons (Fsp3) is 0.0909. The van der Waals surface area contributed by atoms with Gasteiger partial charge < -0.3 is 14.7 Å². The van der Waals surface area contributed by atoms with Crippen molar-refractivity contribution in [2.75, 3.05) is 24.3 Å². The molecule has 5 rings (SSSR count). The van der Waals surface area contributed by atoms with E-state index < -0.39 is 5.82 Å². The third kappa shape index (κ3) is 2.24. The number of rotatable bonds is 3. The summed E-state index contributed by atoms with van der Waals surface area (Å²) in [6, 6.07) is 15.5. The highest BCUT2D eigenvalue weighted by molar-refractivity contribution is 6.28. The molecule has 1 heterocycles. The number of ketones is 1. The third-order valence-corrected chi connectivity index (χ3v) is 5.00. The highest BCUT2D eigenvalue weighted by atomic mass is 19.1. The Kier molecular flexibility index (Phi) is 3.49. The lowest BCUT2D eigenvalue weighted by molar-refractivity contribution is 0.104. The predicted molar refractivity (Wildman–Crippen MR) is 107 cm³/mol. The van der Waals surface area contributed by atoms with Crippen LogP contribution in [0.25, 0.3) is 22.2 Å². The summed E-state index contributed by atoms with van der Waals surface area (Å²) < 4.78 is 19.9. The summed E-state index contributed by atoms with van der Waals surface area (Å²) in [7, 11) is 3.77. The number of fused-ring (bicyclic) bond motifs is 2. The molecule has 0 fully saturated rings. The van der Waals surface area contributed by atoms with Crippen molar-refractivity contribution in [2.24, 2.45) is 0 Å². The Morgan fingerprint density at radius 1 is 1.00 bits per heavy atom. The van der Waals surface area contributed by atoms with Crippen LogP contribution in [0.3, 0.4) is 0 Å². The lowest BCUT2D eigenvalue weighted by Crippen LogP contribution is -2.15. The maximum atomic E-state index is 14.3. The molecule has 6 heteroatoms. The number of benzene rings is 3. The fourth-order valence-corrected chi connectivity index (χ4v) is 3.69. The van der Waals surface area contributed by atoms with E-state index >= 15 is 0 Å². The standard InChI is InChI=1S/C22H16FN3O2/c1-26(2)17-11-16(24-15-10-6-5-9-14(15)23)18-19-20(17)25-28-22(19)13-8-4-3-7-12(13)21(18)27/h3-11,24H,1-2H3. The van der Waals surface area contributed by atoms with Gasteiger partial charge in [0.15, 0.2) is 11.5 Å². The highest BCUT2D eigenvalue weighted by Crippen LogP contribution is 2.46. The number of nitrogens with one attached hydrogen (secondary N) is 1. The molecule has 0 radical (unpaired) electrons. The van der Waals surface area contributed by atoms with E-state index in [9.17, 15) is 9.18 Å². The Labute approximate surface area is 160 Å². The molecule has 1 aliphatic rings. The van der Waals surface area contributed by atoms with Gasteiger partial charge in [0.2, 0.25) is 0 Å². The number of anilines is 3. The molecule has 0 unspecified atom stereocenters. The van der Waals surface area contributed by atoms with Gasteiger partial charge in [-0.2, -0.15) is 0 Å². The number of nitrogens with zero attached hydrogens (tertiary/aromatic N) is 2. The molecule has 28 heavy (non-hydrogen) atoms. The number of para-hydroxylation sites is 1. The molecular weight excluding hydrogens is 357 g/mol. The van der Waals surface area contributed by atoms with Crippen LogP contribution in [0.2, 0.25) is 0 Å². The first-order valence-corrected chi connectivity index (χ1v) is 8.85. The van der Waals surface area contributed by atoms with Gasteiger partial charge in [-0.05, 0) is 18.2 Å². The van der Waals surface area contributed by atoms with E-state index in [1.54, 1.807) is 24.3 Å². The second-order valence-corrected chi connectivity index (χ2v) is 6.93. The van der Waals surface area contributed by atoms with Crippen LogP contribution in [0.4, 0.5) is 21.5 Å². The number of carbonyl (C=O) groups is 1. The third-order valence-electron chi connectivity index (χ3n) is 5.00. The number of aromatic nitrogens is 1. The maximum absolute atomic E-state index is 14.3. The minimum atomic E-state index is -0.393. The zero-order valence-electron chi connectivity index (χ0n) is 15.3. The molecule has 0 bridgehead atoms. The van der Waals surface area contributed by atoms with Crippen molar-refractivity contribution >= 4 is 33.7 Å². The summed E-state index contributed by atoms with van der Waals surface area (Å²) in [4.78, 5) is 15.2. The summed E-state index contributed by atoms with van der Waals surface area (Å²) >= 11 is 0. The Bertz CT molecular complexity index is 1260. The van der Waals surface area contributed by atoms with Gasteiger partial charge in [0.25, 0.3) is 0 Å². The van der Waals surface area contributed by atoms with Crippen molar-refractivity contribution in [1.29, 1.82) is 0 Å². The van der Waals surface area contributed by atoms with Crippen molar-refractivity contribution in [3.63, 3.8) is 0 Å². The van der Waals surface area contributed by atoms with E-state index in [1.807, 2.05) is 43.3 Å². The average Bonchev–Trinajstić information content (AvgIpc) is 3.13. The second kappa shape index (κ2) is 5.92. The van der Waals surface area contributed by atoms with Crippen LogP contribution >= 0.6 is 0 Å². The largest absolute Gasteiger partial charge is 0.376 e. The molecule has 0 saturated carbocycles. The van der Waals surface area contributed by atoms with Gasteiger partial charge >= 0.3 is 0 Å². The van der Waals surface area contributed by atoms with Crippen LogP contribution in [-0.4, -0.2) is 25.0 Å². The number of hydrogen-bond acceptors (Lipinski definition) is 5. The Morgan fingerprint density at radius 3 is 2.46 bits per heavy atom. The monoisotopic (exact) mass is 373 g/mol. The SMILES string of the molecule is CN(C)c1cc(Nc2ccccc2F)c2c3c(onc13)-c1ccccc1C2=O. The fourth-order valence-electron chi connectivity index (χ4n) is 3.69. The molecule has 1 aliphatic carbocycles. The molecule has 0 amide bonds. The van der Waals surface area contributed by atoms with Gasteiger partial charge in [0.1, 0.15) is 11.3 Å². The highest BCUT2D eigenvalue weighted by Gasteiger charge is 2.33. The number of carbonyl (C=O) groups excluding carboxylic acids is 1. The van der Waals surface area contributed by atoms with Crippen LogP contribution < -0.4 is 10.2 Å². The molecule has 4 aromatic rings. The van der Waals surface area contributed by atoms with Crippen LogP contribution in [0.15, 0.2) is 59.1 Å².